The Labute approximate surface area is 223 Å². The highest BCUT2D eigenvalue weighted by molar-refractivity contribution is 5.70. The summed E-state index contributed by atoms with van der Waals surface area (Å²) in [7, 11) is 0. The van der Waals surface area contributed by atoms with Gasteiger partial charge in [-0.3, -0.25) is 0 Å². The van der Waals surface area contributed by atoms with Crippen LogP contribution in [-0.4, -0.2) is 15.0 Å². The van der Waals surface area contributed by atoms with Gasteiger partial charge in [0, 0.05) is 16.7 Å². The summed E-state index contributed by atoms with van der Waals surface area (Å²) in [6.07, 6.45) is 2.17. The monoisotopic (exact) mass is 491 g/mol. The third kappa shape index (κ3) is 5.51. The number of aromatic nitrogens is 3. The normalized spacial score (nSPS) is 12.1. The molecule has 192 valence electrons. The minimum atomic E-state index is 0.137. The highest BCUT2D eigenvalue weighted by Crippen LogP contribution is 2.33. The number of aryl methyl sites for hydroxylation is 3. The van der Waals surface area contributed by atoms with Crippen LogP contribution < -0.4 is 0 Å². The van der Waals surface area contributed by atoms with Crippen LogP contribution in [0, 0.1) is 20.8 Å². The fourth-order valence-corrected chi connectivity index (χ4v) is 4.83. The molecule has 1 heterocycles. The van der Waals surface area contributed by atoms with Crippen molar-refractivity contribution in [3.63, 3.8) is 0 Å². The molecule has 0 aliphatic heterocycles. The summed E-state index contributed by atoms with van der Waals surface area (Å²) in [5, 5.41) is 0. The van der Waals surface area contributed by atoms with Crippen LogP contribution in [0.25, 0.3) is 34.2 Å². The molecule has 0 fully saturated rings. The molecule has 0 N–H and O–H groups in total. The minimum absolute atomic E-state index is 0.137. The number of hydrogen-bond acceptors (Lipinski definition) is 3. The molecule has 3 aromatic carbocycles. The standard InChI is InChI=1S/C34H41N3/c1-10-33(6,7)27-16-12-25(13-17-27)30-35-31(26-14-18-28(19-15-26)34(8,9)11-2)37-32(36-30)29-23(4)20-22(3)21-24(29)5/h12-21H,10-11H2,1-9H3. The van der Waals surface area contributed by atoms with Crippen LogP contribution in [-0.2, 0) is 10.8 Å². The van der Waals surface area contributed by atoms with Gasteiger partial charge in [0.1, 0.15) is 0 Å². The molecule has 3 nitrogen and oxygen atoms in total. The van der Waals surface area contributed by atoms with E-state index in [2.05, 4.69) is 123 Å². The first kappa shape index (κ1) is 26.7. The van der Waals surface area contributed by atoms with E-state index in [-0.39, 0.29) is 10.8 Å². The van der Waals surface area contributed by atoms with E-state index in [0.717, 1.165) is 35.4 Å². The molecule has 0 saturated carbocycles. The molecule has 0 bridgehead atoms. The Morgan fingerprint density at radius 3 is 1.24 bits per heavy atom. The molecule has 0 aliphatic rings. The maximum absolute atomic E-state index is 5.01. The third-order valence-electron chi connectivity index (χ3n) is 8.15. The molecule has 4 rings (SSSR count). The van der Waals surface area contributed by atoms with Crippen molar-refractivity contribution in [2.24, 2.45) is 0 Å². The predicted molar refractivity (Wildman–Crippen MR) is 157 cm³/mol. The predicted octanol–water partition coefficient (Wildman–Crippen LogP) is 9.17. The number of rotatable bonds is 7. The van der Waals surface area contributed by atoms with Crippen LogP contribution in [0.5, 0.6) is 0 Å². The van der Waals surface area contributed by atoms with Crippen LogP contribution in [0.4, 0.5) is 0 Å². The highest BCUT2D eigenvalue weighted by atomic mass is 15.0. The zero-order valence-electron chi connectivity index (χ0n) is 24.0. The second kappa shape index (κ2) is 10.2. The van der Waals surface area contributed by atoms with Crippen molar-refractivity contribution in [3.05, 3.63) is 88.5 Å². The lowest BCUT2D eigenvalue weighted by atomic mass is 9.82. The van der Waals surface area contributed by atoms with Crippen molar-refractivity contribution in [2.75, 3.05) is 0 Å². The van der Waals surface area contributed by atoms with Gasteiger partial charge in [-0.2, -0.15) is 0 Å². The first-order chi connectivity index (χ1) is 17.4. The van der Waals surface area contributed by atoms with Gasteiger partial charge in [0.2, 0.25) is 0 Å². The smallest absolute Gasteiger partial charge is 0.164 e. The molecular weight excluding hydrogens is 450 g/mol. The van der Waals surface area contributed by atoms with Gasteiger partial charge in [0.05, 0.1) is 0 Å². The fourth-order valence-electron chi connectivity index (χ4n) is 4.83. The maximum Gasteiger partial charge on any atom is 0.164 e. The molecule has 0 spiro atoms. The Hall–Kier alpha value is -3.33. The molecule has 0 unspecified atom stereocenters. The third-order valence-corrected chi connectivity index (χ3v) is 8.15. The van der Waals surface area contributed by atoms with Crippen molar-refractivity contribution in [1.82, 2.24) is 15.0 Å². The summed E-state index contributed by atoms with van der Waals surface area (Å²) < 4.78 is 0. The topological polar surface area (TPSA) is 38.7 Å². The molecule has 3 heteroatoms. The molecule has 37 heavy (non-hydrogen) atoms. The average Bonchev–Trinajstić information content (AvgIpc) is 2.88. The minimum Gasteiger partial charge on any atom is -0.208 e. The average molecular weight is 492 g/mol. The van der Waals surface area contributed by atoms with Gasteiger partial charge in [0.15, 0.2) is 17.5 Å². The van der Waals surface area contributed by atoms with E-state index in [0.29, 0.717) is 11.6 Å². The summed E-state index contributed by atoms with van der Waals surface area (Å²) in [5.74, 6) is 2.14. The number of nitrogens with zero attached hydrogens (tertiary/aromatic N) is 3. The first-order valence-electron chi connectivity index (χ1n) is 13.5. The molecule has 0 radical (unpaired) electrons. The Balaban J connectivity index is 1.87. The summed E-state index contributed by atoms with van der Waals surface area (Å²) in [4.78, 5) is 15.0. The Morgan fingerprint density at radius 1 is 0.541 bits per heavy atom. The molecule has 1 aromatic heterocycles. The number of hydrogen-bond donors (Lipinski definition) is 0. The summed E-state index contributed by atoms with van der Waals surface area (Å²) in [5.41, 5.74) is 9.63. The van der Waals surface area contributed by atoms with Gasteiger partial charge in [-0.05, 0) is 66.7 Å². The first-order valence-corrected chi connectivity index (χ1v) is 13.5. The van der Waals surface area contributed by atoms with Crippen LogP contribution in [0.1, 0.15) is 82.2 Å². The largest absolute Gasteiger partial charge is 0.208 e. The van der Waals surface area contributed by atoms with E-state index in [4.69, 9.17) is 15.0 Å². The van der Waals surface area contributed by atoms with Crippen molar-refractivity contribution in [2.45, 2.75) is 86.0 Å². The SMILES string of the molecule is CCC(C)(C)c1ccc(-c2nc(-c3ccc(C(C)(C)CC)cc3)nc(-c3c(C)cc(C)cc3C)n2)cc1. The number of benzene rings is 3. The summed E-state index contributed by atoms with van der Waals surface area (Å²) in [6.45, 7) is 20.0. The maximum atomic E-state index is 5.01. The van der Waals surface area contributed by atoms with Crippen molar-refractivity contribution < 1.29 is 0 Å². The highest BCUT2D eigenvalue weighted by Gasteiger charge is 2.21. The van der Waals surface area contributed by atoms with Crippen molar-refractivity contribution in [3.8, 4) is 34.2 Å². The van der Waals surface area contributed by atoms with Gasteiger partial charge in [0.25, 0.3) is 0 Å². The van der Waals surface area contributed by atoms with Crippen LogP contribution in [0.15, 0.2) is 60.7 Å². The molecule has 0 atom stereocenters. The van der Waals surface area contributed by atoms with Gasteiger partial charge >= 0.3 is 0 Å². The summed E-state index contributed by atoms with van der Waals surface area (Å²) in [6, 6.07) is 21.9. The lowest BCUT2D eigenvalue weighted by molar-refractivity contribution is 0.506. The lowest BCUT2D eigenvalue weighted by Gasteiger charge is -2.23. The Bertz CT molecular complexity index is 1290. The van der Waals surface area contributed by atoms with Crippen LogP contribution in [0.3, 0.4) is 0 Å². The second-order valence-electron chi connectivity index (χ2n) is 11.7. The van der Waals surface area contributed by atoms with Crippen molar-refractivity contribution in [1.29, 1.82) is 0 Å². The molecule has 4 aromatic rings. The Kier molecular flexibility index (Phi) is 7.37. The Morgan fingerprint density at radius 2 is 0.892 bits per heavy atom. The van der Waals surface area contributed by atoms with E-state index in [1.165, 1.54) is 27.8 Å². The quantitative estimate of drug-likeness (QED) is 0.259. The van der Waals surface area contributed by atoms with E-state index < -0.39 is 0 Å². The second-order valence-corrected chi connectivity index (χ2v) is 11.7. The van der Waals surface area contributed by atoms with Crippen LogP contribution in [0.2, 0.25) is 0 Å². The van der Waals surface area contributed by atoms with Gasteiger partial charge < -0.3 is 0 Å². The fraction of sp³-hybridized carbons (Fsp3) is 0.382. The zero-order chi connectivity index (χ0) is 27.0. The zero-order valence-corrected chi connectivity index (χ0v) is 24.0. The lowest BCUT2D eigenvalue weighted by Crippen LogP contribution is -2.15. The molecule has 0 amide bonds. The molecule has 0 aliphatic carbocycles. The molecular formula is C34H41N3. The van der Waals surface area contributed by atoms with E-state index in [9.17, 15) is 0 Å². The van der Waals surface area contributed by atoms with Gasteiger partial charge in [-0.1, -0.05) is 108 Å². The van der Waals surface area contributed by atoms with Crippen LogP contribution >= 0.6 is 0 Å². The van der Waals surface area contributed by atoms with Crippen molar-refractivity contribution >= 4 is 0 Å². The van der Waals surface area contributed by atoms with Gasteiger partial charge in [-0.15, -0.1) is 0 Å². The van der Waals surface area contributed by atoms with E-state index >= 15 is 0 Å². The van der Waals surface area contributed by atoms with Gasteiger partial charge in [-0.25, -0.2) is 15.0 Å². The summed E-state index contributed by atoms with van der Waals surface area (Å²) >= 11 is 0. The molecule has 0 saturated heterocycles. The van der Waals surface area contributed by atoms with E-state index in [1.54, 1.807) is 0 Å². The van der Waals surface area contributed by atoms with E-state index in [1.807, 2.05) is 0 Å².